The van der Waals surface area contributed by atoms with Crippen molar-refractivity contribution in [2.24, 2.45) is 0 Å². The third-order valence-corrected chi connectivity index (χ3v) is 6.08. The van der Waals surface area contributed by atoms with Crippen LogP contribution in [-0.4, -0.2) is 30.6 Å². The van der Waals surface area contributed by atoms with Crippen LogP contribution in [0.4, 0.5) is 5.69 Å². The second-order valence-corrected chi connectivity index (χ2v) is 8.51. The van der Waals surface area contributed by atoms with E-state index in [0.29, 0.717) is 16.8 Å². The van der Waals surface area contributed by atoms with Gasteiger partial charge in [0.2, 0.25) is 0 Å². The Morgan fingerprint density at radius 2 is 1.78 bits per heavy atom. The predicted molar refractivity (Wildman–Crippen MR) is 123 cm³/mol. The van der Waals surface area contributed by atoms with Gasteiger partial charge in [0.25, 0.3) is 15.6 Å². The fourth-order valence-corrected chi connectivity index (χ4v) is 4.20. The smallest absolute Gasteiger partial charge is 0.274 e. The Balaban J connectivity index is 1.78. The number of ether oxygens (including phenoxy) is 1. The van der Waals surface area contributed by atoms with E-state index in [-0.39, 0.29) is 27.6 Å². The van der Waals surface area contributed by atoms with Gasteiger partial charge >= 0.3 is 0 Å². The molecule has 0 unspecified atom stereocenters. The van der Waals surface area contributed by atoms with Crippen LogP contribution in [0.3, 0.4) is 0 Å². The molecule has 0 spiro atoms. The molecule has 0 amide bonds. The molecule has 0 saturated carbocycles. The van der Waals surface area contributed by atoms with Crippen molar-refractivity contribution in [2.45, 2.75) is 4.90 Å². The third-order valence-electron chi connectivity index (χ3n) is 4.70. The number of fused-ring (bicyclic) bond motifs is 1. The first kappa shape index (κ1) is 21.1. The fourth-order valence-electron chi connectivity index (χ4n) is 3.11. The van der Waals surface area contributed by atoms with Gasteiger partial charge in [0.15, 0.2) is 0 Å². The lowest BCUT2D eigenvalue weighted by atomic mass is 10.1. The zero-order valence-electron chi connectivity index (χ0n) is 16.9. The van der Waals surface area contributed by atoms with Gasteiger partial charge in [-0.2, -0.15) is 0 Å². The molecule has 0 aliphatic rings. The maximum absolute atomic E-state index is 12.8. The highest BCUT2D eigenvalue weighted by Gasteiger charge is 2.18. The van der Waals surface area contributed by atoms with Crippen LogP contribution in [0.15, 0.2) is 82.5 Å². The largest absolute Gasteiger partial charge is 0.507 e. The molecule has 0 atom stereocenters. The molecule has 4 rings (SSSR count). The number of methoxy groups -OCH3 is 1. The lowest BCUT2D eigenvalue weighted by molar-refractivity contribution is 0.415. The number of aliphatic hydroxyl groups excluding tert-OH is 1. The van der Waals surface area contributed by atoms with Crippen LogP contribution in [-0.2, 0) is 10.0 Å². The topological polar surface area (TPSA) is 121 Å². The number of nitrogens with one attached hydrogen (secondary N) is 2. The monoisotopic (exact) mass is 449 g/mol. The summed E-state index contributed by atoms with van der Waals surface area (Å²) in [6.45, 7) is 0. The molecule has 3 N–H and O–H groups in total. The number of hydrogen-bond acceptors (Lipinski definition) is 6. The summed E-state index contributed by atoms with van der Waals surface area (Å²) >= 11 is 0. The first-order valence-corrected chi connectivity index (χ1v) is 11.0. The van der Waals surface area contributed by atoms with Gasteiger partial charge < -0.3 is 14.8 Å². The van der Waals surface area contributed by atoms with Crippen LogP contribution in [0.1, 0.15) is 11.3 Å². The second-order valence-electron chi connectivity index (χ2n) is 6.83. The summed E-state index contributed by atoms with van der Waals surface area (Å²) in [7, 11) is -2.49. The lowest BCUT2D eigenvalue weighted by Gasteiger charge is -2.14. The number of aliphatic hydroxyl groups is 1. The van der Waals surface area contributed by atoms with Crippen molar-refractivity contribution in [1.82, 2.24) is 9.97 Å². The molecule has 0 aliphatic heterocycles. The molecule has 0 fully saturated rings. The molecule has 1 aromatic heterocycles. The maximum Gasteiger partial charge on any atom is 0.274 e. The minimum atomic E-state index is -3.93. The van der Waals surface area contributed by atoms with E-state index < -0.39 is 15.6 Å². The molecule has 0 bridgehead atoms. The normalized spacial score (nSPS) is 12.0. The standard InChI is InChI=1S/C23H19N3O5S/c1-31-15-11-12-17(20(13-15)26-32(29,30)16-7-3-2-4-8-16)22(27)14-21-23(28)25-19-10-6-5-9-18(19)24-21/h2-14,26-27H,1H3,(H,25,28)/b22-14-. The molecule has 9 heteroatoms. The van der Waals surface area contributed by atoms with Crippen molar-refractivity contribution < 1.29 is 18.3 Å². The first-order chi connectivity index (χ1) is 15.4. The second kappa shape index (κ2) is 8.56. The van der Waals surface area contributed by atoms with Crippen LogP contribution in [0.2, 0.25) is 0 Å². The molecule has 3 aromatic carbocycles. The molecule has 4 aromatic rings. The van der Waals surface area contributed by atoms with E-state index in [2.05, 4.69) is 14.7 Å². The van der Waals surface area contributed by atoms with Crippen molar-refractivity contribution in [3.05, 3.63) is 94.4 Å². The molecule has 0 saturated heterocycles. The van der Waals surface area contributed by atoms with Crippen molar-refractivity contribution in [1.29, 1.82) is 0 Å². The molecule has 0 radical (unpaired) electrons. The van der Waals surface area contributed by atoms with Crippen LogP contribution in [0.5, 0.6) is 5.75 Å². The summed E-state index contributed by atoms with van der Waals surface area (Å²) in [5, 5.41) is 10.8. The Hall–Kier alpha value is -4.11. The van der Waals surface area contributed by atoms with E-state index in [1.807, 2.05) is 0 Å². The lowest BCUT2D eigenvalue weighted by Crippen LogP contribution is -2.14. The number of benzene rings is 3. The summed E-state index contributed by atoms with van der Waals surface area (Å²) < 4.78 is 33.3. The van der Waals surface area contributed by atoms with E-state index in [0.717, 1.165) is 0 Å². The predicted octanol–water partition coefficient (Wildman–Crippen LogP) is 3.79. The van der Waals surface area contributed by atoms with Crippen LogP contribution in [0, 0.1) is 0 Å². The fraction of sp³-hybridized carbons (Fsp3) is 0.0435. The summed E-state index contributed by atoms with van der Waals surface area (Å²) in [5.41, 5.74) is 0.837. The van der Waals surface area contributed by atoms with E-state index >= 15 is 0 Å². The van der Waals surface area contributed by atoms with Gasteiger partial charge in [0.1, 0.15) is 17.2 Å². The van der Waals surface area contributed by atoms with Gasteiger partial charge in [0, 0.05) is 17.7 Å². The number of sulfonamides is 1. The van der Waals surface area contributed by atoms with E-state index in [4.69, 9.17) is 4.74 Å². The van der Waals surface area contributed by atoms with Crippen LogP contribution < -0.4 is 15.0 Å². The van der Waals surface area contributed by atoms with Gasteiger partial charge in [0.05, 0.1) is 28.7 Å². The number of aromatic amines is 1. The first-order valence-electron chi connectivity index (χ1n) is 9.53. The number of hydrogen-bond donors (Lipinski definition) is 3. The zero-order chi connectivity index (χ0) is 22.7. The Kier molecular flexibility index (Phi) is 5.65. The molecule has 0 aliphatic carbocycles. The van der Waals surface area contributed by atoms with Crippen molar-refractivity contribution >= 4 is 38.6 Å². The average Bonchev–Trinajstić information content (AvgIpc) is 2.79. The van der Waals surface area contributed by atoms with Crippen LogP contribution in [0.25, 0.3) is 22.9 Å². The van der Waals surface area contributed by atoms with Crippen LogP contribution >= 0.6 is 0 Å². The maximum atomic E-state index is 12.8. The molecule has 8 nitrogen and oxygen atoms in total. The van der Waals surface area contributed by atoms with Crippen molar-refractivity contribution in [2.75, 3.05) is 11.8 Å². The number of rotatable bonds is 6. The Morgan fingerprint density at radius 1 is 1.06 bits per heavy atom. The SMILES string of the molecule is COc1ccc(/C(O)=C/c2nc3ccccc3[nH]c2=O)c(NS(=O)(=O)c2ccccc2)c1. The van der Waals surface area contributed by atoms with Gasteiger partial charge in [-0.15, -0.1) is 0 Å². The summed E-state index contributed by atoms with van der Waals surface area (Å²) in [6, 6.07) is 19.3. The quantitative estimate of drug-likeness (QED) is 0.385. The Morgan fingerprint density at radius 3 is 2.53 bits per heavy atom. The van der Waals surface area contributed by atoms with Crippen molar-refractivity contribution in [3.8, 4) is 5.75 Å². The number of nitrogens with zero attached hydrogens (tertiary/aromatic N) is 1. The van der Waals surface area contributed by atoms with E-state index in [9.17, 15) is 18.3 Å². The third kappa shape index (κ3) is 4.33. The molecular formula is C23H19N3O5S. The highest BCUT2D eigenvalue weighted by molar-refractivity contribution is 7.92. The molecular weight excluding hydrogens is 430 g/mol. The number of H-pyrrole nitrogens is 1. The number of aromatic nitrogens is 2. The summed E-state index contributed by atoms with van der Waals surface area (Å²) in [5.74, 6) is 0.0423. The highest BCUT2D eigenvalue weighted by atomic mass is 32.2. The molecule has 162 valence electrons. The van der Waals surface area contributed by atoms with E-state index in [1.165, 1.54) is 37.5 Å². The zero-order valence-corrected chi connectivity index (χ0v) is 17.8. The molecule has 32 heavy (non-hydrogen) atoms. The van der Waals surface area contributed by atoms with Gasteiger partial charge in [-0.3, -0.25) is 9.52 Å². The summed E-state index contributed by atoms with van der Waals surface area (Å²) in [6.07, 6.45) is 1.19. The van der Waals surface area contributed by atoms with Gasteiger partial charge in [-0.1, -0.05) is 30.3 Å². The summed E-state index contributed by atoms with van der Waals surface area (Å²) in [4.78, 5) is 19.4. The Bertz CT molecular complexity index is 1480. The minimum Gasteiger partial charge on any atom is -0.507 e. The number of anilines is 1. The molecule has 1 heterocycles. The highest BCUT2D eigenvalue weighted by Crippen LogP contribution is 2.30. The Labute approximate surface area is 183 Å². The van der Waals surface area contributed by atoms with E-state index in [1.54, 1.807) is 48.5 Å². The minimum absolute atomic E-state index is 0.0196. The van der Waals surface area contributed by atoms with Gasteiger partial charge in [-0.05, 0) is 36.4 Å². The van der Waals surface area contributed by atoms with Crippen molar-refractivity contribution in [3.63, 3.8) is 0 Å². The number of para-hydroxylation sites is 2. The average molecular weight is 449 g/mol. The van der Waals surface area contributed by atoms with Gasteiger partial charge in [-0.25, -0.2) is 13.4 Å².